The van der Waals surface area contributed by atoms with Crippen molar-refractivity contribution in [3.8, 4) is 0 Å². The van der Waals surface area contributed by atoms with Gasteiger partial charge in [-0.2, -0.15) is 0 Å². The Bertz CT molecular complexity index is 493. The van der Waals surface area contributed by atoms with E-state index in [9.17, 15) is 4.79 Å². The Morgan fingerprint density at radius 2 is 2.10 bits per heavy atom. The predicted octanol–water partition coefficient (Wildman–Crippen LogP) is 2.44. The van der Waals surface area contributed by atoms with E-state index in [4.69, 9.17) is 5.73 Å². The number of carbonyl (C=O) groups is 1. The molecule has 6 heteroatoms. The summed E-state index contributed by atoms with van der Waals surface area (Å²) < 4.78 is 0. The van der Waals surface area contributed by atoms with Gasteiger partial charge in [0.15, 0.2) is 5.13 Å². The molecule has 1 aliphatic rings. The molecule has 20 heavy (non-hydrogen) atoms. The number of hydrogen-bond donors (Lipinski definition) is 1. The molecule has 1 amide bonds. The second-order valence-corrected chi connectivity index (χ2v) is 7.00. The van der Waals surface area contributed by atoms with Crippen LogP contribution in [0.15, 0.2) is 0 Å². The fourth-order valence-electron chi connectivity index (χ4n) is 2.53. The first-order valence-electron chi connectivity index (χ1n) is 7.18. The number of nitrogens with two attached hydrogens (primary N) is 1. The van der Waals surface area contributed by atoms with E-state index in [1.165, 1.54) is 11.3 Å². The van der Waals surface area contributed by atoms with Gasteiger partial charge >= 0.3 is 0 Å². The van der Waals surface area contributed by atoms with Crippen molar-refractivity contribution in [2.24, 2.45) is 5.41 Å². The minimum Gasteiger partial charge on any atom is -0.382 e. The van der Waals surface area contributed by atoms with Gasteiger partial charge in [-0.3, -0.25) is 4.79 Å². The van der Waals surface area contributed by atoms with E-state index in [0.717, 1.165) is 37.7 Å². The van der Waals surface area contributed by atoms with Crippen molar-refractivity contribution in [3.63, 3.8) is 0 Å². The topological polar surface area (TPSA) is 62.5 Å². The van der Waals surface area contributed by atoms with Crippen LogP contribution < -0.4 is 10.6 Å². The molecule has 0 aliphatic carbocycles. The summed E-state index contributed by atoms with van der Waals surface area (Å²) in [6.07, 6.45) is 1.04. The van der Waals surface area contributed by atoms with E-state index in [-0.39, 0.29) is 11.3 Å². The van der Waals surface area contributed by atoms with Crippen LogP contribution in [-0.4, -0.2) is 42.0 Å². The SMILES string of the molecule is CCN(CC)c1nc(N)c(C(=O)N2CCC(C)(C)C2)s1. The molecule has 1 aromatic rings. The highest BCUT2D eigenvalue weighted by molar-refractivity contribution is 7.18. The Hall–Kier alpha value is -1.30. The number of aromatic nitrogens is 1. The fraction of sp³-hybridized carbons (Fsp3) is 0.714. The minimum absolute atomic E-state index is 0.0315. The van der Waals surface area contributed by atoms with Crippen LogP contribution in [-0.2, 0) is 0 Å². The molecule has 0 unspecified atom stereocenters. The Morgan fingerprint density at radius 3 is 2.60 bits per heavy atom. The van der Waals surface area contributed by atoms with E-state index in [1.54, 1.807) is 0 Å². The zero-order valence-corrected chi connectivity index (χ0v) is 13.6. The third kappa shape index (κ3) is 2.90. The summed E-state index contributed by atoms with van der Waals surface area (Å²) in [6, 6.07) is 0. The van der Waals surface area contributed by atoms with Gasteiger partial charge in [0.1, 0.15) is 10.7 Å². The number of likely N-dealkylation sites (tertiary alicyclic amines) is 1. The summed E-state index contributed by atoms with van der Waals surface area (Å²) >= 11 is 1.41. The first-order valence-corrected chi connectivity index (χ1v) is 8.00. The lowest BCUT2D eigenvalue weighted by Gasteiger charge is -2.19. The largest absolute Gasteiger partial charge is 0.382 e. The zero-order chi connectivity index (χ0) is 14.9. The third-order valence-corrected chi connectivity index (χ3v) is 4.95. The molecule has 2 heterocycles. The number of anilines is 2. The summed E-state index contributed by atoms with van der Waals surface area (Å²) in [5.74, 6) is 0.399. The summed E-state index contributed by atoms with van der Waals surface area (Å²) in [5, 5.41) is 0.842. The van der Waals surface area contributed by atoms with Gasteiger partial charge in [-0.15, -0.1) is 0 Å². The van der Waals surface area contributed by atoms with Crippen molar-refractivity contribution in [2.75, 3.05) is 36.8 Å². The van der Waals surface area contributed by atoms with Crippen LogP contribution in [0.25, 0.3) is 0 Å². The molecule has 1 aromatic heterocycles. The molecule has 0 bridgehead atoms. The Kier molecular flexibility index (Phi) is 4.22. The van der Waals surface area contributed by atoms with Crippen molar-refractivity contribution < 1.29 is 4.79 Å². The Labute approximate surface area is 124 Å². The van der Waals surface area contributed by atoms with Crippen molar-refractivity contribution in [1.29, 1.82) is 0 Å². The highest BCUT2D eigenvalue weighted by atomic mass is 32.1. The number of amides is 1. The smallest absolute Gasteiger partial charge is 0.267 e. The zero-order valence-electron chi connectivity index (χ0n) is 12.8. The van der Waals surface area contributed by atoms with Gasteiger partial charge < -0.3 is 15.5 Å². The van der Waals surface area contributed by atoms with Crippen LogP contribution in [0.5, 0.6) is 0 Å². The maximum Gasteiger partial charge on any atom is 0.267 e. The van der Waals surface area contributed by atoms with Crippen molar-refractivity contribution in [1.82, 2.24) is 9.88 Å². The standard InChI is InChI=1S/C14H24N4OS/c1-5-17(6-2)13-16-11(15)10(20-13)12(19)18-8-7-14(3,4)9-18/h5-9,15H2,1-4H3. The molecule has 1 saturated heterocycles. The summed E-state index contributed by atoms with van der Waals surface area (Å²) in [4.78, 5) is 21.5. The average molecular weight is 296 g/mol. The lowest BCUT2D eigenvalue weighted by atomic mass is 9.93. The second kappa shape index (κ2) is 5.60. The molecule has 5 nitrogen and oxygen atoms in total. The normalized spacial score (nSPS) is 17.5. The molecule has 0 aromatic carbocycles. The minimum atomic E-state index is 0.0315. The third-order valence-electron chi connectivity index (χ3n) is 3.83. The number of thiazole rings is 1. The van der Waals surface area contributed by atoms with Gasteiger partial charge in [-0.25, -0.2) is 4.98 Å². The molecular weight excluding hydrogens is 272 g/mol. The van der Waals surface area contributed by atoms with Gasteiger partial charge in [0, 0.05) is 26.2 Å². The van der Waals surface area contributed by atoms with Crippen LogP contribution in [0.2, 0.25) is 0 Å². The Balaban J connectivity index is 2.19. The lowest BCUT2D eigenvalue weighted by molar-refractivity contribution is 0.0784. The maximum absolute atomic E-state index is 12.6. The summed E-state index contributed by atoms with van der Waals surface area (Å²) in [7, 11) is 0. The van der Waals surface area contributed by atoms with E-state index in [0.29, 0.717) is 10.7 Å². The number of rotatable bonds is 4. The molecule has 2 rings (SSSR count). The number of nitrogen functional groups attached to an aromatic ring is 1. The second-order valence-electron chi connectivity index (χ2n) is 6.02. The molecule has 0 atom stereocenters. The fourth-order valence-corrected chi connectivity index (χ4v) is 3.61. The van der Waals surface area contributed by atoms with Gasteiger partial charge in [0.05, 0.1) is 0 Å². The molecule has 0 spiro atoms. The number of carbonyl (C=O) groups excluding carboxylic acids is 1. The van der Waals surface area contributed by atoms with E-state index in [1.807, 2.05) is 4.90 Å². The molecule has 0 saturated carbocycles. The quantitative estimate of drug-likeness (QED) is 0.927. The molecule has 112 valence electrons. The predicted molar refractivity (Wildman–Crippen MR) is 84.4 cm³/mol. The Morgan fingerprint density at radius 1 is 1.45 bits per heavy atom. The first-order chi connectivity index (χ1) is 9.38. The van der Waals surface area contributed by atoms with Crippen molar-refractivity contribution in [2.45, 2.75) is 34.1 Å². The lowest BCUT2D eigenvalue weighted by Crippen LogP contribution is -2.30. The van der Waals surface area contributed by atoms with Gasteiger partial charge in [-0.05, 0) is 25.7 Å². The number of nitrogens with zero attached hydrogens (tertiary/aromatic N) is 3. The van der Waals surface area contributed by atoms with E-state index < -0.39 is 0 Å². The molecular formula is C14H24N4OS. The van der Waals surface area contributed by atoms with Gasteiger partial charge in [0.2, 0.25) is 0 Å². The average Bonchev–Trinajstić information content (AvgIpc) is 2.93. The summed E-state index contributed by atoms with van der Waals surface area (Å²) in [6.45, 7) is 11.9. The highest BCUT2D eigenvalue weighted by Crippen LogP contribution is 2.33. The summed E-state index contributed by atoms with van der Waals surface area (Å²) in [5.41, 5.74) is 6.16. The van der Waals surface area contributed by atoms with Gasteiger partial charge in [0.25, 0.3) is 5.91 Å². The molecule has 2 N–H and O–H groups in total. The van der Waals surface area contributed by atoms with Crippen LogP contribution >= 0.6 is 11.3 Å². The van der Waals surface area contributed by atoms with Crippen LogP contribution in [0, 0.1) is 5.41 Å². The van der Waals surface area contributed by atoms with E-state index in [2.05, 4.69) is 37.6 Å². The van der Waals surface area contributed by atoms with Crippen molar-refractivity contribution >= 4 is 28.2 Å². The molecule has 1 fully saturated rings. The van der Waals surface area contributed by atoms with E-state index >= 15 is 0 Å². The van der Waals surface area contributed by atoms with Crippen molar-refractivity contribution in [3.05, 3.63) is 4.88 Å². The maximum atomic E-state index is 12.6. The number of hydrogen-bond acceptors (Lipinski definition) is 5. The monoisotopic (exact) mass is 296 g/mol. The van der Waals surface area contributed by atoms with Crippen LogP contribution in [0.3, 0.4) is 0 Å². The first kappa shape index (κ1) is 15.1. The van der Waals surface area contributed by atoms with Crippen LogP contribution in [0.1, 0.15) is 43.8 Å². The molecule has 1 aliphatic heterocycles. The van der Waals surface area contributed by atoms with Gasteiger partial charge in [-0.1, -0.05) is 25.2 Å². The molecule has 0 radical (unpaired) electrons. The highest BCUT2D eigenvalue weighted by Gasteiger charge is 2.34. The van der Waals surface area contributed by atoms with Crippen LogP contribution in [0.4, 0.5) is 10.9 Å².